The monoisotopic (exact) mass is 536 g/mol. The summed E-state index contributed by atoms with van der Waals surface area (Å²) in [6.07, 6.45) is 0. The zero-order valence-electron chi connectivity index (χ0n) is 17.3. The molecule has 8 heteroatoms. The van der Waals surface area contributed by atoms with Gasteiger partial charge in [-0.05, 0) is 42.0 Å². The van der Waals surface area contributed by atoms with Crippen molar-refractivity contribution in [3.05, 3.63) is 110 Å². The molecular formula is C26H14BrClO6. The average molecular weight is 538 g/mol. The van der Waals surface area contributed by atoms with Gasteiger partial charge >= 0.3 is 17.2 Å². The van der Waals surface area contributed by atoms with Gasteiger partial charge in [0.25, 0.3) is 0 Å². The molecule has 5 rings (SSSR count). The highest BCUT2D eigenvalue weighted by Gasteiger charge is 2.21. The van der Waals surface area contributed by atoms with Crippen LogP contribution < -0.4 is 16.0 Å². The summed E-state index contributed by atoms with van der Waals surface area (Å²) in [5.41, 5.74) is 0.458. The predicted octanol–water partition coefficient (Wildman–Crippen LogP) is 6.21. The molecule has 6 nitrogen and oxygen atoms in total. The molecule has 34 heavy (non-hydrogen) atoms. The Morgan fingerprint density at radius 1 is 0.853 bits per heavy atom. The van der Waals surface area contributed by atoms with Crippen molar-refractivity contribution >= 4 is 55.4 Å². The third-order valence-electron chi connectivity index (χ3n) is 5.22. The summed E-state index contributed by atoms with van der Waals surface area (Å²) in [6.45, 7) is 0. The van der Waals surface area contributed by atoms with E-state index >= 15 is 0 Å². The summed E-state index contributed by atoms with van der Waals surface area (Å²) in [7, 11) is 0. The van der Waals surface area contributed by atoms with Crippen molar-refractivity contribution in [3.8, 4) is 16.9 Å². The average Bonchev–Trinajstić information content (AvgIpc) is 2.83. The molecule has 1 unspecified atom stereocenters. The van der Waals surface area contributed by atoms with Crippen LogP contribution in [-0.2, 0) is 4.79 Å². The van der Waals surface area contributed by atoms with E-state index in [2.05, 4.69) is 15.9 Å². The fraction of sp³-hybridized carbons (Fsp3) is 0.0385. The Balaban J connectivity index is 1.55. The maximum Gasteiger partial charge on any atom is 0.344 e. The first-order chi connectivity index (χ1) is 16.4. The molecule has 0 radical (unpaired) electrons. The second-order valence-corrected chi connectivity index (χ2v) is 8.81. The first kappa shape index (κ1) is 22.1. The molecule has 2 heterocycles. The van der Waals surface area contributed by atoms with Crippen molar-refractivity contribution < 1.29 is 18.4 Å². The molecule has 0 saturated carbocycles. The smallest absolute Gasteiger partial charge is 0.344 e. The molecular weight excluding hydrogens is 524 g/mol. The van der Waals surface area contributed by atoms with Crippen molar-refractivity contribution in [3.63, 3.8) is 0 Å². The molecule has 0 spiro atoms. The van der Waals surface area contributed by atoms with Gasteiger partial charge in [0.05, 0.1) is 5.56 Å². The van der Waals surface area contributed by atoms with Gasteiger partial charge < -0.3 is 13.6 Å². The van der Waals surface area contributed by atoms with Gasteiger partial charge in [-0.1, -0.05) is 46.3 Å². The zero-order valence-corrected chi connectivity index (χ0v) is 19.6. The number of esters is 1. The number of hydrogen-bond donors (Lipinski definition) is 0. The molecule has 0 aliphatic heterocycles. The van der Waals surface area contributed by atoms with Crippen LogP contribution in [0.5, 0.6) is 5.75 Å². The number of carbonyl (C=O) groups is 1. The second-order valence-electron chi connectivity index (χ2n) is 7.46. The minimum Gasteiger partial charge on any atom is -0.425 e. The van der Waals surface area contributed by atoms with Crippen LogP contribution in [0.3, 0.4) is 0 Å². The lowest BCUT2D eigenvalue weighted by molar-refractivity contribution is -0.134. The molecule has 168 valence electrons. The maximum absolute atomic E-state index is 12.7. The van der Waals surface area contributed by atoms with E-state index in [0.29, 0.717) is 27.5 Å². The van der Waals surface area contributed by atoms with Gasteiger partial charge in [-0.3, -0.25) is 0 Å². The first-order valence-electron chi connectivity index (χ1n) is 10.1. The van der Waals surface area contributed by atoms with Gasteiger partial charge in [-0.25, -0.2) is 14.4 Å². The molecule has 0 N–H and O–H groups in total. The first-order valence-corrected chi connectivity index (χ1v) is 11.3. The van der Waals surface area contributed by atoms with E-state index in [9.17, 15) is 14.4 Å². The van der Waals surface area contributed by atoms with Crippen LogP contribution in [0.1, 0.15) is 10.9 Å². The van der Waals surface area contributed by atoms with Crippen molar-refractivity contribution in [2.24, 2.45) is 0 Å². The number of fused-ring (bicyclic) bond motifs is 2. The van der Waals surface area contributed by atoms with E-state index < -0.39 is 22.6 Å². The number of hydrogen-bond acceptors (Lipinski definition) is 6. The fourth-order valence-corrected chi connectivity index (χ4v) is 4.21. The highest BCUT2D eigenvalue weighted by Crippen LogP contribution is 2.31. The van der Waals surface area contributed by atoms with Crippen LogP contribution in [0.15, 0.2) is 102 Å². The maximum atomic E-state index is 12.7. The van der Waals surface area contributed by atoms with Crippen LogP contribution in [0, 0.1) is 0 Å². The molecule has 0 aliphatic carbocycles. The molecule has 0 fully saturated rings. The zero-order chi connectivity index (χ0) is 23.8. The summed E-state index contributed by atoms with van der Waals surface area (Å²) in [6, 6.07) is 21.5. The lowest BCUT2D eigenvalue weighted by Gasteiger charge is -2.11. The quantitative estimate of drug-likeness (QED) is 0.117. The van der Waals surface area contributed by atoms with Gasteiger partial charge in [-0.2, -0.15) is 0 Å². The third kappa shape index (κ3) is 4.27. The van der Waals surface area contributed by atoms with Crippen molar-refractivity contribution in [1.29, 1.82) is 0 Å². The van der Waals surface area contributed by atoms with E-state index in [0.717, 1.165) is 4.47 Å². The number of carbonyl (C=O) groups excluding carboxylic acids is 1. The highest BCUT2D eigenvalue weighted by atomic mass is 79.9. The van der Waals surface area contributed by atoms with Gasteiger partial charge in [0.15, 0.2) is 5.38 Å². The Morgan fingerprint density at radius 2 is 1.65 bits per heavy atom. The molecule has 2 aromatic heterocycles. The van der Waals surface area contributed by atoms with Gasteiger partial charge in [0.1, 0.15) is 16.9 Å². The van der Waals surface area contributed by atoms with Crippen molar-refractivity contribution in [2.75, 3.05) is 0 Å². The Kier molecular flexibility index (Phi) is 5.81. The minimum atomic E-state index is -1.00. The minimum absolute atomic E-state index is 0.146. The number of alkyl halides is 1. The molecule has 0 saturated heterocycles. The lowest BCUT2D eigenvalue weighted by atomic mass is 10.0. The number of ether oxygens (including phenoxy) is 1. The topological polar surface area (TPSA) is 86.7 Å². The van der Waals surface area contributed by atoms with E-state index in [1.54, 1.807) is 48.5 Å². The Morgan fingerprint density at radius 3 is 2.44 bits per heavy atom. The van der Waals surface area contributed by atoms with Gasteiger partial charge in [0.2, 0.25) is 0 Å². The van der Waals surface area contributed by atoms with Crippen LogP contribution in [-0.4, -0.2) is 5.97 Å². The number of rotatable bonds is 4. The Hall–Kier alpha value is -3.68. The number of halogens is 2. The molecule has 5 aromatic rings. The van der Waals surface area contributed by atoms with Crippen molar-refractivity contribution in [1.82, 2.24) is 0 Å². The van der Waals surface area contributed by atoms with E-state index in [4.69, 9.17) is 25.2 Å². The van der Waals surface area contributed by atoms with Gasteiger partial charge in [0, 0.05) is 32.9 Å². The lowest BCUT2D eigenvalue weighted by Crippen LogP contribution is -2.14. The largest absolute Gasteiger partial charge is 0.425 e. The second kappa shape index (κ2) is 8.93. The van der Waals surface area contributed by atoms with Gasteiger partial charge in [-0.15, -0.1) is 11.6 Å². The Labute approximate surface area is 205 Å². The predicted molar refractivity (Wildman–Crippen MR) is 132 cm³/mol. The summed E-state index contributed by atoms with van der Waals surface area (Å²) in [5, 5.41) is 0.160. The van der Waals surface area contributed by atoms with E-state index in [1.807, 2.05) is 12.1 Å². The van der Waals surface area contributed by atoms with E-state index in [-0.39, 0.29) is 16.9 Å². The third-order valence-corrected chi connectivity index (χ3v) is 6.14. The summed E-state index contributed by atoms with van der Waals surface area (Å²) in [4.78, 5) is 37.5. The summed E-state index contributed by atoms with van der Waals surface area (Å²) in [5.74, 6) is -0.527. The van der Waals surface area contributed by atoms with Crippen LogP contribution in [0.25, 0.3) is 33.1 Å². The van der Waals surface area contributed by atoms with E-state index in [1.165, 1.54) is 18.2 Å². The molecule has 1 atom stereocenters. The van der Waals surface area contributed by atoms with Crippen LogP contribution in [0.2, 0.25) is 0 Å². The SMILES string of the molecule is O=C(Oc1ccc2c(-c3cc4cc(Br)ccc4oc3=O)cc(=O)oc2c1)C(Cl)c1ccccc1. The molecule has 0 bridgehead atoms. The van der Waals surface area contributed by atoms with Crippen LogP contribution in [0.4, 0.5) is 0 Å². The highest BCUT2D eigenvalue weighted by molar-refractivity contribution is 9.10. The van der Waals surface area contributed by atoms with Crippen molar-refractivity contribution in [2.45, 2.75) is 5.38 Å². The summed E-state index contributed by atoms with van der Waals surface area (Å²) < 4.78 is 17.0. The van der Waals surface area contributed by atoms with Crippen LogP contribution >= 0.6 is 27.5 Å². The molecule has 0 aliphatic rings. The number of benzene rings is 3. The fourth-order valence-electron chi connectivity index (χ4n) is 3.64. The standard InChI is InChI=1S/C26H14BrClO6/c27-16-6-9-21-15(10-16)11-20(25(30)34-21)19-13-23(29)33-22-12-17(7-8-18(19)22)32-26(31)24(28)14-4-2-1-3-5-14/h1-13,24H. The Bertz CT molecular complexity index is 1670. The molecule has 3 aromatic carbocycles. The molecule has 0 amide bonds. The summed E-state index contributed by atoms with van der Waals surface area (Å²) >= 11 is 9.64. The normalized spacial score (nSPS) is 12.1.